The average Bonchev–Trinajstić information content (AvgIpc) is 3.17. The summed E-state index contributed by atoms with van der Waals surface area (Å²) in [6, 6.07) is 8.93. The van der Waals surface area contributed by atoms with Crippen LogP contribution in [-0.2, 0) is 11.2 Å². The van der Waals surface area contributed by atoms with Gasteiger partial charge in [0.25, 0.3) is 0 Å². The summed E-state index contributed by atoms with van der Waals surface area (Å²) in [4.78, 5) is 16.5. The first-order valence-electron chi connectivity index (χ1n) is 7.46. The van der Waals surface area contributed by atoms with Crippen LogP contribution in [0.2, 0.25) is 0 Å². The van der Waals surface area contributed by atoms with Crippen LogP contribution in [0.1, 0.15) is 11.5 Å². The van der Waals surface area contributed by atoms with Gasteiger partial charge >= 0.3 is 6.36 Å². The molecule has 0 unspecified atom stereocenters. The number of benzene rings is 1. The first-order valence-corrected chi connectivity index (χ1v) is 8.34. The van der Waals surface area contributed by atoms with Gasteiger partial charge < -0.3 is 14.5 Å². The maximum atomic E-state index is 12.4. The molecule has 0 atom stereocenters. The number of amides is 1. The van der Waals surface area contributed by atoms with Gasteiger partial charge in [-0.25, -0.2) is 4.98 Å². The lowest BCUT2D eigenvalue weighted by atomic mass is 10.2. The third kappa shape index (κ3) is 4.63. The number of alkyl halides is 3. The second-order valence-electron chi connectivity index (χ2n) is 5.32. The van der Waals surface area contributed by atoms with Crippen molar-refractivity contribution in [3.05, 3.63) is 53.2 Å². The Hall–Kier alpha value is -2.81. The number of para-hydroxylation sites is 2. The molecule has 1 amide bonds. The molecule has 9 heteroatoms. The van der Waals surface area contributed by atoms with Gasteiger partial charge in [0, 0.05) is 5.38 Å². The van der Waals surface area contributed by atoms with E-state index in [1.54, 1.807) is 17.5 Å². The Kier molecular flexibility index (Phi) is 4.99. The van der Waals surface area contributed by atoms with Crippen molar-refractivity contribution in [3.8, 4) is 16.5 Å². The van der Waals surface area contributed by atoms with Crippen molar-refractivity contribution in [1.29, 1.82) is 0 Å². The van der Waals surface area contributed by atoms with Crippen LogP contribution in [0.15, 0.2) is 46.2 Å². The van der Waals surface area contributed by atoms with Crippen molar-refractivity contribution >= 4 is 22.9 Å². The smallest absolute Gasteiger partial charge is 0.459 e. The third-order valence-electron chi connectivity index (χ3n) is 3.23. The number of nitrogens with one attached hydrogen (secondary N) is 1. The van der Waals surface area contributed by atoms with Gasteiger partial charge in [-0.3, -0.25) is 4.79 Å². The number of hydrogen-bond donors (Lipinski definition) is 1. The van der Waals surface area contributed by atoms with E-state index in [9.17, 15) is 18.0 Å². The van der Waals surface area contributed by atoms with E-state index in [-0.39, 0.29) is 12.1 Å². The summed E-state index contributed by atoms with van der Waals surface area (Å²) in [5.74, 6) is 0.368. The number of thiazole rings is 1. The van der Waals surface area contributed by atoms with E-state index in [0.29, 0.717) is 16.5 Å². The van der Waals surface area contributed by atoms with E-state index in [1.807, 2.05) is 6.92 Å². The second kappa shape index (κ2) is 7.20. The number of ether oxygens (including phenoxy) is 1. The van der Waals surface area contributed by atoms with Gasteiger partial charge in [-0.05, 0) is 31.2 Å². The van der Waals surface area contributed by atoms with Crippen LogP contribution in [0.25, 0.3) is 10.8 Å². The Balaban J connectivity index is 1.68. The molecule has 2 aromatic heterocycles. The summed E-state index contributed by atoms with van der Waals surface area (Å²) in [6.07, 6.45) is -4.93. The molecule has 0 saturated heterocycles. The molecule has 26 heavy (non-hydrogen) atoms. The molecule has 3 aromatic rings. The standard InChI is InChI=1S/C17H13F3N2O3S/c1-10-6-7-14(24-10)16-21-11(9-26-16)8-15(23)22-12-4-2-3-5-13(12)25-17(18,19)20/h2-7,9H,8H2,1H3,(H,22,23). The van der Waals surface area contributed by atoms with Crippen molar-refractivity contribution in [2.45, 2.75) is 19.7 Å². The Bertz CT molecular complexity index is 918. The number of rotatable bonds is 5. The molecule has 1 aromatic carbocycles. The van der Waals surface area contributed by atoms with Gasteiger partial charge in [-0.1, -0.05) is 12.1 Å². The Morgan fingerprint density at radius 1 is 1.27 bits per heavy atom. The molecule has 1 N–H and O–H groups in total. The number of carbonyl (C=O) groups excluding carboxylic acids is 1. The SMILES string of the molecule is Cc1ccc(-c2nc(CC(=O)Nc3ccccc3OC(F)(F)F)cs2)o1. The first kappa shape index (κ1) is 18.0. The van der Waals surface area contributed by atoms with E-state index in [2.05, 4.69) is 15.0 Å². The Morgan fingerprint density at radius 2 is 2.04 bits per heavy atom. The van der Waals surface area contributed by atoms with E-state index < -0.39 is 18.0 Å². The van der Waals surface area contributed by atoms with Crippen LogP contribution in [0.3, 0.4) is 0 Å². The number of hydrogen-bond acceptors (Lipinski definition) is 5. The quantitative estimate of drug-likeness (QED) is 0.689. The minimum Gasteiger partial charge on any atom is -0.459 e. The minimum atomic E-state index is -4.84. The molecule has 0 spiro atoms. The lowest BCUT2D eigenvalue weighted by molar-refractivity contribution is -0.274. The summed E-state index contributed by atoms with van der Waals surface area (Å²) >= 11 is 1.32. The van der Waals surface area contributed by atoms with E-state index >= 15 is 0 Å². The zero-order chi connectivity index (χ0) is 18.7. The molecule has 0 fully saturated rings. The summed E-state index contributed by atoms with van der Waals surface area (Å²) in [6.45, 7) is 1.81. The Labute approximate surface area is 150 Å². The van der Waals surface area contributed by atoms with Crippen LogP contribution in [0.5, 0.6) is 5.75 Å². The highest BCUT2D eigenvalue weighted by atomic mass is 32.1. The predicted molar refractivity (Wildman–Crippen MR) is 90.0 cm³/mol. The number of halogens is 3. The molecule has 0 radical (unpaired) electrons. The predicted octanol–water partition coefficient (Wildman–Crippen LogP) is 4.79. The van der Waals surface area contributed by atoms with Crippen LogP contribution < -0.4 is 10.1 Å². The highest BCUT2D eigenvalue weighted by Gasteiger charge is 2.32. The molecular weight excluding hydrogens is 369 g/mol. The van der Waals surface area contributed by atoms with Crippen LogP contribution in [-0.4, -0.2) is 17.3 Å². The molecule has 136 valence electrons. The molecule has 3 rings (SSSR count). The van der Waals surface area contributed by atoms with Gasteiger partial charge in [-0.15, -0.1) is 24.5 Å². The molecule has 5 nitrogen and oxygen atoms in total. The summed E-state index contributed by atoms with van der Waals surface area (Å²) in [5.41, 5.74) is 0.428. The van der Waals surface area contributed by atoms with E-state index in [1.165, 1.54) is 29.5 Å². The maximum Gasteiger partial charge on any atom is 0.573 e. The highest BCUT2D eigenvalue weighted by molar-refractivity contribution is 7.13. The van der Waals surface area contributed by atoms with Crippen molar-refractivity contribution in [1.82, 2.24) is 4.98 Å². The number of anilines is 1. The molecule has 0 aliphatic rings. The van der Waals surface area contributed by atoms with Crippen molar-refractivity contribution in [2.24, 2.45) is 0 Å². The number of aryl methyl sites for hydroxylation is 1. The van der Waals surface area contributed by atoms with Gasteiger partial charge in [0.05, 0.1) is 17.8 Å². The van der Waals surface area contributed by atoms with Crippen LogP contribution in [0.4, 0.5) is 18.9 Å². The molecule has 0 aliphatic heterocycles. The number of carbonyl (C=O) groups is 1. The van der Waals surface area contributed by atoms with Crippen molar-refractivity contribution < 1.29 is 27.1 Å². The molecule has 0 aliphatic carbocycles. The van der Waals surface area contributed by atoms with Gasteiger partial charge in [0.15, 0.2) is 16.5 Å². The lowest BCUT2D eigenvalue weighted by Crippen LogP contribution is -2.20. The zero-order valence-electron chi connectivity index (χ0n) is 13.5. The zero-order valence-corrected chi connectivity index (χ0v) is 14.3. The molecule has 0 bridgehead atoms. The minimum absolute atomic E-state index is 0.0630. The average molecular weight is 382 g/mol. The topological polar surface area (TPSA) is 64.4 Å². The van der Waals surface area contributed by atoms with Gasteiger partial charge in [0.2, 0.25) is 5.91 Å². The van der Waals surface area contributed by atoms with Crippen LogP contribution >= 0.6 is 11.3 Å². The molecular formula is C17H13F3N2O3S. The fraction of sp³-hybridized carbons (Fsp3) is 0.176. The monoisotopic (exact) mass is 382 g/mol. The van der Waals surface area contributed by atoms with E-state index in [4.69, 9.17) is 4.42 Å². The van der Waals surface area contributed by atoms with Crippen molar-refractivity contribution in [2.75, 3.05) is 5.32 Å². The second-order valence-corrected chi connectivity index (χ2v) is 6.18. The number of nitrogens with zero attached hydrogens (tertiary/aromatic N) is 1. The summed E-state index contributed by atoms with van der Waals surface area (Å²) in [7, 11) is 0. The highest BCUT2D eigenvalue weighted by Crippen LogP contribution is 2.30. The van der Waals surface area contributed by atoms with E-state index in [0.717, 1.165) is 11.8 Å². The molecule has 2 heterocycles. The normalized spacial score (nSPS) is 11.4. The van der Waals surface area contributed by atoms with Crippen molar-refractivity contribution in [3.63, 3.8) is 0 Å². The summed E-state index contributed by atoms with van der Waals surface area (Å²) in [5, 5.41) is 4.74. The van der Waals surface area contributed by atoms with Gasteiger partial charge in [0.1, 0.15) is 5.76 Å². The largest absolute Gasteiger partial charge is 0.573 e. The third-order valence-corrected chi connectivity index (χ3v) is 4.14. The summed E-state index contributed by atoms with van der Waals surface area (Å²) < 4.78 is 46.6. The Morgan fingerprint density at radius 3 is 2.73 bits per heavy atom. The molecule has 0 saturated carbocycles. The first-order chi connectivity index (χ1) is 12.3. The van der Waals surface area contributed by atoms with Crippen LogP contribution in [0, 0.1) is 6.92 Å². The van der Waals surface area contributed by atoms with Gasteiger partial charge in [-0.2, -0.15) is 0 Å². The fourth-order valence-corrected chi connectivity index (χ4v) is 2.97. The lowest BCUT2D eigenvalue weighted by Gasteiger charge is -2.13. The number of aromatic nitrogens is 1. The maximum absolute atomic E-state index is 12.4. The fourth-order valence-electron chi connectivity index (χ4n) is 2.19. The number of furan rings is 1.